The van der Waals surface area contributed by atoms with E-state index >= 15 is 0 Å². The predicted octanol–water partition coefficient (Wildman–Crippen LogP) is 1.56. The van der Waals surface area contributed by atoms with Crippen molar-refractivity contribution in [2.24, 2.45) is 5.14 Å². The summed E-state index contributed by atoms with van der Waals surface area (Å²) in [5.74, 6) is 0.508. The van der Waals surface area contributed by atoms with Gasteiger partial charge in [0.1, 0.15) is 17.3 Å². The van der Waals surface area contributed by atoms with Crippen LogP contribution in [0.5, 0.6) is 5.75 Å². The van der Waals surface area contributed by atoms with Crippen molar-refractivity contribution in [3.05, 3.63) is 40.6 Å². The maximum Gasteiger partial charge on any atom is 0.240 e. The first-order valence-electron chi connectivity index (χ1n) is 5.04. The molecule has 7 heteroatoms. The van der Waals surface area contributed by atoms with Crippen LogP contribution in [0.25, 0.3) is 0 Å². The van der Waals surface area contributed by atoms with Gasteiger partial charge in [-0.3, -0.25) is 0 Å². The lowest BCUT2D eigenvalue weighted by molar-refractivity contribution is 0.310. The van der Waals surface area contributed by atoms with Gasteiger partial charge in [0.15, 0.2) is 0 Å². The van der Waals surface area contributed by atoms with Crippen LogP contribution in [0.3, 0.4) is 0 Å². The lowest BCUT2D eigenvalue weighted by Gasteiger charge is -2.08. The van der Waals surface area contributed by atoms with Crippen LogP contribution >= 0.6 is 11.3 Å². The lowest BCUT2D eigenvalue weighted by Crippen LogP contribution is -2.14. The molecule has 0 radical (unpaired) electrons. The first-order chi connectivity index (χ1) is 8.47. The Labute approximate surface area is 109 Å². The number of ether oxygens (including phenoxy) is 1. The fourth-order valence-electron chi connectivity index (χ4n) is 1.42. The molecule has 1 aromatic heterocycles. The molecule has 2 rings (SSSR count). The van der Waals surface area contributed by atoms with E-state index in [4.69, 9.17) is 15.6 Å². The van der Waals surface area contributed by atoms with Crippen molar-refractivity contribution >= 4 is 27.0 Å². The van der Waals surface area contributed by atoms with Gasteiger partial charge in [0.25, 0.3) is 0 Å². The normalized spacial score (nSPS) is 11.4. The van der Waals surface area contributed by atoms with E-state index in [1.807, 2.05) is 17.5 Å². The third kappa shape index (κ3) is 3.00. The summed E-state index contributed by atoms with van der Waals surface area (Å²) in [4.78, 5) is 0.982. The van der Waals surface area contributed by atoms with E-state index in [0.717, 1.165) is 4.88 Å². The second-order valence-corrected chi connectivity index (χ2v) is 6.17. The predicted molar refractivity (Wildman–Crippen MR) is 70.9 cm³/mol. The number of hydrogen-bond acceptors (Lipinski definition) is 5. The molecule has 0 saturated heterocycles. The Hall–Kier alpha value is -1.57. The van der Waals surface area contributed by atoms with Crippen molar-refractivity contribution in [1.29, 1.82) is 0 Å². The van der Waals surface area contributed by atoms with Gasteiger partial charge in [-0.15, -0.1) is 11.3 Å². The van der Waals surface area contributed by atoms with Crippen molar-refractivity contribution in [2.45, 2.75) is 11.5 Å². The summed E-state index contributed by atoms with van der Waals surface area (Å²) in [6, 6.07) is 8.21. The molecule has 0 spiro atoms. The Morgan fingerprint density at radius 3 is 2.61 bits per heavy atom. The Bertz CT molecular complexity index is 636. The van der Waals surface area contributed by atoms with Crippen molar-refractivity contribution in [1.82, 2.24) is 0 Å². The summed E-state index contributed by atoms with van der Waals surface area (Å²) < 4.78 is 27.8. The molecule has 0 unspecified atom stereocenters. The lowest BCUT2D eigenvalue weighted by atomic mass is 10.3. The van der Waals surface area contributed by atoms with Gasteiger partial charge in [0.05, 0.1) is 5.69 Å². The van der Waals surface area contributed by atoms with Crippen LogP contribution in [0.2, 0.25) is 0 Å². The van der Waals surface area contributed by atoms with E-state index in [2.05, 4.69) is 0 Å². The fourth-order valence-corrected chi connectivity index (χ4v) is 2.69. The number of anilines is 1. The summed E-state index contributed by atoms with van der Waals surface area (Å²) >= 11 is 1.58. The molecular formula is C11H12N2O3S2. The maximum absolute atomic E-state index is 11.2. The number of nitrogen functional groups attached to an aromatic ring is 1. The molecule has 0 aliphatic rings. The number of sulfonamides is 1. The highest BCUT2D eigenvalue weighted by molar-refractivity contribution is 7.89. The smallest absolute Gasteiger partial charge is 0.240 e. The number of nitrogens with two attached hydrogens (primary N) is 2. The molecule has 18 heavy (non-hydrogen) atoms. The molecule has 4 N–H and O–H groups in total. The minimum absolute atomic E-state index is 0.0844. The molecule has 0 saturated carbocycles. The topological polar surface area (TPSA) is 95.4 Å². The third-order valence-electron chi connectivity index (χ3n) is 2.25. The van der Waals surface area contributed by atoms with Gasteiger partial charge in [0.2, 0.25) is 10.0 Å². The Morgan fingerprint density at radius 1 is 1.28 bits per heavy atom. The maximum atomic E-state index is 11.2. The average molecular weight is 284 g/mol. The SMILES string of the molecule is Nc1cc(OCc2cccs2)ccc1S(N)(=O)=O. The van der Waals surface area contributed by atoms with Gasteiger partial charge in [-0.25, -0.2) is 13.6 Å². The highest BCUT2D eigenvalue weighted by Crippen LogP contribution is 2.24. The number of thiophene rings is 1. The van der Waals surface area contributed by atoms with Gasteiger partial charge in [-0.2, -0.15) is 0 Å². The molecule has 5 nitrogen and oxygen atoms in total. The Balaban J connectivity index is 2.14. The summed E-state index contributed by atoms with van der Waals surface area (Å²) in [7, 11) is -3.79. The van der Waals surface area contributed by atoms with Crippen LogP contribution in [0.4, 0.5) is 5.69 Å². The van der Waals surface area contributed by atoms with E-state index < -0.39 is 10.0 Å². The van der Waals surface area contributed by atoms with Gasteiger partial charge in [-0.1, -0.05) is 6.07 Å². The average Bonchev–Trinajstić information content (AvgIpc) is 2.77. The molecule has 0 fully saturated rings. The van der Waals surface area contributed by atoms with Crippen LogP contribution in [0, 0.1) is 0 Å². The Kier molecular flexibility index (Phi) is 3.55. The van der Waals surface area contributed by atoms with E-state index in [0.29, 0.717) is 12.4 Å². The van der Waals surface area contributed by atoms with E-state index in [-0.39, 0.29) is 10.6 Å². The highest BCUT2D eigenvalue weighted by atomic mass is 32.2. The number of primary sulfonamides is 1. The molecule has 1 heterocycles. The minimum Gasteiger partial charge on any atom is -0.488 e. The van der Waals surface area contributed by atoms with Crippen LogP contribution in [-0.4, -0.2) is 8.42 Å². The molecule has 0 aliphatic carbocycles. The number of hydrogen-bond donors (Lipinski definition) is 2. The number of benzene rings is 1. The highest BCUT2D eigenvalue weighted by Gasteiger charge is 2.12. The van der Waals surface area contributed by atoms with Crippen molar-refractivity contribution in [3.8, 4) is 5.75 Å². The van der Waals surface area contributed by atoms with Crippen LogP contribution in [-0.2, 0) is 16.6 Å². The molecule has 0 bridgehead atoms. The summed E-state index contributed by atoms with van der Waals surface area (Å²) in [5, 5.41) is 6.97. The van der Waals surface area contributed by atoms with Crippen molar-refractivity contribution in [3.63, 3.8) is 0 Å². The molecule has 0 amide bonds. The zero-order valence-corrected chi connectivity index (χ0v) is 11.0. The van der Waals surface area contributed by atoms with Crippen LogP contribution in [0.1, 0.15) is 4.88 Å². The van der Waals surface area contributed by atoms with E-state index in [1.165, 1.54) is 18.2 Å². The van der Waals surface area contributed by atoms with Gasteiger partial charge < -0.3 is 10.5 Å². The summed E-state index contributed by atoms with van der Waals surface area (Å²) in [6.45, 7) is 0.422. The molecule has 96 valence electrons. The largest absolute Gasteiger partial charge is 0.488 e. The second kappa shape index (κ2) is 4.97. The molecule has 0 aliphatic heterocycles. The fraction of sp³-hybridized carbons (Fsp3) is 0.0909. The minimum atomic E-state index is -3.79. The van der Waals surface area contributed by atoms with Crippen LogP contribution in [0.15, 0.2) is 40.6 Å². The first kappa shape index (κ1) is 12.9. The first-order valence-corrected chi connectivity index (χ1v) is 7.47. The monoisotopic (exact) mass is 284 g/mol. The van der Waals surface area contributed by atoms with Gasteiger partial charge in [0, 0.05) is 10.9 Å². The molecule has 1 aromatic carbocycles. The van der Waals surface area contributed by atoms with E-state index in [9.17, 15) is 8.42 Å². The zero-order valence-electron chi connectivity index (χ0n) is 9.37. The third-order valence-corrected chi connectivity index (χ3v) is 4.08. The van der Waals surface area contributed by atoms with Gasteiger partial charge >= 0.3 is 0 Å². The van der Waals surface area contributed by atoms with Crippen molar-refractivity contribution < 1.29 is 13.2 Å². The second-order valence-electron chi connectivity index (χ2n) is 3.61. The van der Waals surface area contributed by atoms with Gasteiger partial charge in [-0.05, 0) is 23.6 Å². The summed E-state index contributed by atoms with van der Waals surface area (Å²) in [5.41, 5.74) is 5.70. The molecule has 2 aromatic rings. The zero-order chi connectivity index (χ0) is 13.2. The molecular weight excluding hydrogens is 272 g/mol. The number of rotatable bonds is 4. The molecule has 0 atom stereocenters. The Morgan fingerprint density at radius 2 is 2.06 bits per heavy atom. The summed E-state index contributed by atoms with van der Waals surface area (Å²) in [6.07, 6.45) is 0. The quantitative estimate of drug-likeness (QED) is 0.833. The van der Waals surface area contributed by atoms with E-state index in [1.54, 1.807) is 11.3 Å². The van der Waals surface area contributed by atoms with Crippen molar-refractivity contribution in [2.75, 3.05) is 5.73 Å². The standard InChI is InChI=1S/C11H12N2O3S2/c12-10-6-8(3-4-11(10)18(13,14)15)16-7-9-2-1-5-17-9/h1-6H,7,12H2,(H2,13,14,15). The van der Waals surface area contributed by atoms with Crippen LogP contribution < -0.4 is 15.6 Å².